The van der Waals surface area contributed by atoms with Gasteiger partial charge >= 0.3 is 0 Å². The Morgan fingerprint density at radius 1 is 1.28 bits per heavy atom. The minimum absolute atomic E-state index is 0.0457. The lowest BCUT2D eigenvalue weighted by Gasteiger charge is -2.42. The van der Waals surface area contributed by atoms with Crippen LogP contribution in [0.2, 0.25) is 0 Å². The maximum atomic E-state index is 13.0. The van der Waals surface area contributed by atoms with Gasteiger partial charge in [0.1, 0.15) is 30.9 Å². The molecule has 1 amide bonds. The average Bonchev–Trinajstić information content (AvgIpc) is 3.14. The summed E-state index contributed by atoms with van der Waals surface area (Å²) >= 11 is 0. The monoisotopic (exact) mass is 402 g/mol. The summed E-state index contributed by atoms with van der Waals surface area (Å²) in [4.78, 5) is 16.8. The van der Waals surface area contributed by atoms with Crippen molar-refractivity contribution in [2.75, 3.05) is 32.8 Å². The lowest BCUT2D eigenvalue weighted by molar-refractivity contribution is -0.155. The van der Waals surface area contributed by atoms with Crippen LogP contribution in [0.3, 0.4) is 0 Å². The van der Waals surface area contributed by atoms with Gasteiger partial charge in [0.05, 0.1) is 12.2 Å². The topological polar surface area (TPSA) is 70.7 Å². The van der Waals surface area contributed by atoms with Gasteiger partial charge in [-0.05, 0) is 50.1 Å². The van der Waals surface area contributed by atoms with Crippen LogP contribution in [0.5, 0.6) is 5.75 Å². The molecule has 2 saturated heterocycles. The first kappa shape index (κ1) is 19.8. The number of likely N-dealkylation sites (tertiary alicyclic amines) is 1. The molecule has 2 aliphatic rings. The van der Waals surface area contributed by atoms with E-state index in [1.54, 1.807) is 12.1 Å². The van der Waals surface area contributed by atoms with Gasteiger partial charge in [0.15, 0.2) is 0 Å². The first-order chi connectivity index (χ1) is 14.1. The number of halogens is 1. The maximum absolute atomic E-state index is 13.0. The number of benzene rings is 1. The lowest BCUT2D eigenvalue weighted by atomic mass is 10.0. The predicted octanol–water partition coefficient (Wildman–Crippen LogP) is 2.13. The molecule has 1 N–H and O–H groups in total. The Labute approximate surface area is 169 Å². The molecule has 1 atom stereocenters. The summed E-state index contributed by atoms with van der Waals surface area (Å²) in [5.74, 6) is 0.349. The van der Waals surface area contributed by atoms with Crippen molar-refractivity contribution < 1.29 is 18.7 Å². The molecule has 2 fully saturated rings. The molecule has 0 radical (unpaired) electrons. The van der Waals surface area contributed by atoms with Crippen molar-refractivity contribution in [3.8, 4) is 5.75 Å². The number of carbonyl (C=O) groups excluding carboxylic acids is 1. The van der Waals surface area contributed by atoms with E-state index in [0.29, 0.717) is 18.9 Å². The average molecular weight is 402 g/mol. The molecule has 0 aliphatic carbocycles. The number of H-pyrrole nitrogens is 1. The molecular weight excluding hydrogens is 375 g/mol. The summed E-state index contributed by atoms with van der Waals surface area (Å²) in [7, 11) is 0. The van der Waals surface area contributed by atoms with E-state index in [4.69, 9.17) is 9.47 Å². The third-order valence-electron chi connectivity index (χ3n) is 5.56. The molecule has 29 heavy (non-hydrogen) atoms. The number of nitrogens with one attached hydrogen (secondary N) is 1. The number of piperidine rings is 1. The molecule has 7 nitrogen and oxygen atoms in total. The first-order valence-electron chi connectivity index (χ1n) is 10.1. The number of carbonyl (C=O) groups is 1. The zero-order chi connectivity index (χ0) is 20.2. The van der Waals surface area contributed by atoms with E-state index in [9.17, 15) is 9.18 Å². The van der Waals surface area contributed by atoms with E-state index in [1.165, 1.54) is 12.1 Å². The van der Waals surface area contributed by atoms with E-state index < -0.39 is 0 Å². The summed E-state index contributed by atoms with van der Waals surface area (Å²) in [5.41, 5.74) is 2.13. The predicted molar refractivity (Wildman–Crippen MR) is 105 cm³/mol. The van der Waals surface area contributed by atoms with Gasteiger partial charge < -0.3 is 14.4 Å². The summed E-state index contributed by atoms with van der Waals surface area (Å²) in [5, 5.41) is 7.29. The minimum atomic E-state index is -0.295. The minimum Gasteiger partial charge on any atom is -0.491 e. The Bertz CT molecular complexity index is 818. The van der Waals surface area contributed by atoms with Crippen molar-refractivity contribution in [2.45, 2.75) is 38.5 Å². The fourth-order valence-electron chi connectivity index (χ4n) is 3.99. The number of aromatic nitrogens is 2. The second-order valence-electron chi connectivity index (χ2n) is 7.79. The van der Waals surface area contributed by atoms with Crippen LogP contribution in [0, 0.1) is 12.7 Å². The highest BCUT2D eigenvalue weighted by Gasteiger charge is 2.33. The summed E-state index contributed by atoms with van der Waals surface area (Å²) in [6, 6.07) is 8.23. The molecule has 8 heteroatoms. The van der Waals surface area contributed by atoms with Gasteiger partial charge in [0, 0.05) is 31.4 Å². The Morgan fingerprint density at radius 2 is 2.03 bits per heavy atom. The van der Waals surface area contributed by atoms with Crippen LogP contribution in [-0.2, 0) is 16.1 Å². The summed E-state index contributed by atoms with van der Waals surface area (Å²) in [6.45, 7) is 5.68. The Kier molecular flexibility index (Phi) is 6.10. The molecule has 0 bridgehead atoms. The number of rotatable bonds is 6. The van der Waals surface area contributed by atoms with E-state index >= 15 is 0 Å². The molecule has 2 aromatic rings. The quantitative estimate of drug-likeness (QED) is 0.802. The van der Waals surface area contributed by atoms with Crippen LogP contribution < -0.4 is 4.74 Å². The van der Waals surface area contributed by atoms with Gasteiger partial charge in [-0.1, -0.05) is 0 Å². The highest BCUT2D eigenvalue weighted by atomic mass is 19.1. The molecule has 1 unspecified atom stereocenters. The van der Waals surface area contributed by atoms with E-state index in [0.717, 1.165) is 43.9 Å². The van der Waals surface area contributed by atoms with Crippen LogP contribution in [-0.4, -0.2) is 70.9 Å². The van der Waals surface area contributed by atoms with Crippen molar-refractivity contribution in [3.63, 3.8) is 0 Å². The molecule has 4 rings (SSSR count). The number of ether oxygens (including phenoxy) is 2. The number of amides is 1. The SMILES string of the molecule is Cc1cc(CN2CCC(N3CC(COc4ccc(F)cc4)OCC3=O)CC2)n[nH]1. The normalized spacial score (nSPS) is 21.5. The summed E-state index contributed by atoms with van der Waals surface area (Å²) in [6.07, 6.45) is 1.71. The van der Waals surface area contributed by atoms with E-state index in [1.807, 2.05) is 11.8 Å². The number of hydrogen-bond donors (Lipinski definition) is 1. The van der Waals surface area contributed by atoms with Crippen LogP contribution in [0.25, 0.3) is 0 Å². The van der Waals surface area contributed by atoms with Gasteiger partial charge in [-0.25, -0.2) is 4.39 Å². The maximum Gasteiger partial charge on any atom is 0.248 e. The lowest BCUT2D eigenvalue weighted by Crippen LogP contribution is -2.55. The van der Waals surface area contributed by atoms with Crippen molar-refractivity contribution in [1.29, 1.82) is 0 Å². The zero-order valence-corrected chi connectivity index (χ0v) is 16.6. The second-order valence-corrected chi connectivity index (χ2v) is 7.79. The summed E-state index contributed by atoms with van der Waals surface area (Å²) < 4.78 is 24.4. The molecule has 3 heterocycles. The molecule has 2 aliphatic heterocycles. The molecule has 0 saturated carbocycles. The third-order valence-corrected chi connectivity index (χ3v) is 5.56. The van der Waals surface area contributed by atoms with Crippen LogP contribution in [0.1, 0.15) is 24.2 Å². The number of hydrogen-bond acceptors (Lipinski definition) is 5. The third kappa shape index (κ3) is 5.13. The van der Waals surface area contributed by atoms with Crippen molar-refractivity contribution in [1.82, 2.24) is 20.0 Å². The number of nitrogens with zero attached hydrogens (tertiary/aromatic N) is 3. The zero-order valence-electron chi connectivity index (χ0n) is 16.6. The van der Waals surface area contributed by atoms with E-state index in [2.05, 4.69) is 21.2 Å². The number of aryl methyl sites for hydroxylation is 1. The van der Waals surface area contributed by atoms with Gasteiger partial charge in [-0.15, -0.1) is 0 Å². The van der Waals surface area contributed by atoms with Crippen LogP contribution in [0.15, 0.2) is 30.3 Å². The van der Waals surface area contributed by atoms with Gasteiger partial charge in [-0.2, -0.15) is 5.10 Å². The smallest absolute Gasteiger partial charge is 0.248 e. The Balaban J connectivity index is 1.26. The van der Waals surface area contributed by atoms with Gasteiger partial charge in [0.25, 0.3) is 0 Å². The number of morpholine rings is 1. The number of aromatic amines is 1. The fourth-order valence-corrected chi connectivity index (χ4v) is 3.99. The molecule has 1 aromatic carbocycles. The highest BCUT2D eigenvalue weighted by molar-refractivity contribution is 5.78. The molecule has 1 aromatic heterocycles. The standard InChI is InChI=1S/C21H27FN4O3/c1-15-10-17(24-23-15)11-25-8-6-18(7-9-25)26-12-20(29-14-21(26)27)13-28-19-4-2-16(22)3-5-19/h2-5,10,18,20H,6-9,11-14H2,1H3,(H,23,24). The van der Waals surface area contributed by atoms with E-state index in [-0.39, 0.29) is 30.5 Å². The van der Waals surface area contributed by atoms with Gasteiger partial charge in [-0.3, -0.25) is 14.8 Å². The largest absolute Gasteiger partial charge is 0.491 e. The van der Waals surface area contributed by atoms with Crippen molar-refractivity contribution in [3.05, 3.63) is 47.5 Å². The Morgan fingerprint density at radius 3 is 2.72 bits per heavy atom. The molecule has 0 spiro atoms. The van der Waals surface area contributed by atoms with Crippen LogP contribution >= 0.6 is 0 Å². The van der Waals surface area contributed by atoms with Gasteiger partial charge in [0.2, 0.25) is 5.91 Å². The second kappa shape index (κ2) is 8.92. The molecular formula is C21H27FN4O3. The Hall–Kier alpha value is -2.45. The highest BCUT2D eigenvalue weighted by Crippen LogP contribution is 2.22. The first-order valence-corrected chi connectivity index (χ1v) is 10.1. The van der Waals surface area contributed by atoms with Crippen LogP contribution in [0.4, 0.5) is 4.39 Å². The molecule has 156 valence electrons. The fraction of sp³-hybridized carbons (Fsp3) is 0.524. The van der Waals surface area contributed by atoms with Crippen molar-refractivity contribution >= 4 is 5.91 Å². The van der Waals surface area contributed by atoms with Crippen molar-refractivity contribution in [2.24, 2.45) is 0 Å².